The van der Waals surface area contributed by atoms with Crippen LogP contribution in [0.25, 0.3) is 0 Å². The molecule has 0 aliphatic heterocycles. The number of nitrogens with two attached hydrogens (primary N) is 1. The summed E-state index contributed by atoms with van der Waals surface area (Å²) in [5, 5.41) is 3.47. The van der Waals surface area contributed by atoms with Crippen LogP contribution in [0, 0.1) is 0 Å². The summed E-state index contributed by atoms with van der Waals surface area (Å²) in [6.07, 6.45) is 1.93. The van der Waals surface area contributed by atoms with Crippen LogP contribution in [-0.2, 0) is 11.2 Å². The number of hydrogen-bond acceptors (Lipinski definition) is 4. The second kappa shape index (κ2) is 12.2. The van der Waals surface area contributed by atoms with Crippen molar-refractivity contribution in [2.24, 2.45) is 5.73 Å². The van der Waals surface area contributed by atoms with Gasteiger partial charge in [0.1, 0.15) is 11.6 Å². The molecule has 0 aliphatic carbocycles. The van der Waals surface area contributed by atoms with Crippen molar-refractivity contribution in [3.05, 3.63) is 58.2 Å². The van der Waals surface area contributed by atoms with E-state index in [9.17, 15) is 4.79 Å². The van der Waals surface area contributed by atoms with Crippen molar-refractivity contribution in [1.82, 2.24) is 10.3 Å². The van der Waals surface area contributed by atoms with Gasteiger partial charge >= 0.3 is 0 Å². The molecule has 1 heterocycles. The maximum absolute atomic E-state index is 11.9. The van der Waals surface area contributed by atoms with Crippen molar-refractivity contribution in [2.75, 3.05) is 13.2 Å². The van der Waals surface area contributed by atoms with Gasteiger partial charge in [0.05, 0.1) is 17.6 Å². The number of carbonyl (C=O) groups is 1. The lowest BCUT2D eigenvalue weighted by atomic mass is 10.1. The summed E-state index contributed by atoms with van der Waals surface area (Å²) in [6.45, 7) is 0.542. The summed E-state index contributed by atoms with van der Waals surface area (Å²) < 4.78 is 5.38. The molecule has 25 heavy (non-hydrogen) atoms. The minimum Gasteiger partial charge on any atom is -0.475 e. The molecule has 2 rings (SSSR count). The average Bonchev–Trinajstić information content (AvgIpc) is 2.54. The van der Waals surface area contributed by atoms with Crippen molar-refractivity contribution in [2.45, 2.75) is 12.5 Å². The highest BCUT2D eigenvalue weighted by atomic mass is 35.5. The van der Waals surface area contributed by atoms with Gasteiger partial charge in [-0.15, -0.1) is 24.8 Å². The molecule has 1 atom stereocenters. The highest BCUT2D eigenvalue weighted by molar-refractivity contribution is 6.35. The number of nitrogens with zero attached hydrogens (tertiary/aromatic N) is 1. The summed E-state index contributed by atoms with van der Waals surface area (Å²) in [7, 11) is 0. The number of pyridine rings is 1. The molecule has 5 nitrogen and oxygen atoms in total. The molecule has 2 aromatic rings. The maximum atomic E-state index is 11.9. The zero-order valence-electron chi connectivity index (χ0n) is 13.2. The van der Waals surface area contributed by atoms with E-state index in [0.717, 1.165) is 5.56 Å². The van der Waals surface area contributed by atoms with Crippen LogP contribution >= 0.6 is 48.0 Å². The molecule has 0 aliphatic rings. The third-order valence-corrected chi connectivity index (χ3v) is 3.53. The molecule has 138 valence electrons. The third kappa shape index (κ3) is 8.12. The first kappa shape index (κ1) is 23.8. The largest absolute Gasteiger partial charge is 0.475 e. The van der Waals surface area contributed by atoms with Gasteiger partial charge in [-0.2, -0.15) is 0 Å². The molecule has 1 amide bonds. The normalized spacial score (nSPS) is 10.8. The molecule has 0 saturated carbocycles. The van der Waals surface area contributed by atoms with E-state index >= 15 is 0 Å². The van der Waals surface area contributed by atoms with Crippen LogP contribution in [0.4, 0.5) is 0 Å². The highest BCUT2D eigenvalue weighted by Crippen LogP contribution is 2.24. The molecule has 0 radical (unpaired) electrons. The van der Waals surface area contributed by atoms with E-state index in [0.29, 0.717) is 23.0 Å². The van der Waals surface area contributed by atoms with Crippen LogP contribution in [0.5, 0.6) is 5.88 Å². The van der Waals surface area contributed by atoms with E-state index in [2.05, 4.69) is 10.3 Å². The quantitative estimate of drug-likeness (QED) is 0.666. The SMILES string of the molecule is Cl.Cl.NC(Cc1ccccc1)C(=O)NCCOc1ncc(Cl)cc1Cl. The van der Waals surface area contributed by atoms with E-state index in [1.165, 1.54) is 6.20 Å². The zero-order chi connectivity index (χ0) is 16.7. The molecule has 1 aromatic carbocycles. The molecule has 3 N–H and O–H groups in total. The van der Waals surface area contributed by atoms with Crippen LogP contribution in [0.3, 0.4) is 0 Å². The number of carbonyl (C=O) groups excluding carboxylic acids is 1. The standard InChI is InChI=1S/C16H17Cl2N3O2.2ClH/c17-12-9-13(18)16(21-10-12)23-7-6-20-15(22)14(19)8-11-4-2-1-3-5-11;;/h1-5,9-10,14H,6-8,19H2,(H,20,22);2*1H. The van der Waals surface area contributed by atoms with Gasteiger partial charge in [0.2, 0.25) is 11.8 Å². The van der Waals surface area contributed by atoms with Gasteiger partial charge in [-0.3, -0.25) is 4.79 Å². The Balaban J connectivity index is 0.00000288. The van der Waals surface area contributed by atoms with Gasteiger partial charge in [-0.25, -0.2) is 4.98 Å². The first-order chi connectivity index (χ1) is 11.1. The first-order valence-corrected chi connectivity index (χ1v) is 7.83. The van der Waals surface area contributed by atoms with Crippen LogP contribution < -0.4 is 15.8 Å². The minimum absolute atomic E-state index is 0. The second-order valence-corrected chi connectivity index (χ2v) is 5.72. The van der Waals surface area contributed by atoms with E-state index in [1.54, 1.807) is 6.07 Å². The summed E-state index contributed by atoms with van der Waals surface area (Å²) in [4.78, 5) is 15.9. The Morgan fingerprint density at radius 3 is 2.56 bits per heavy atom. The van der Waals surface area contributed by atoms with E-state index < -0.39 is 6.04 Å². The number of halogens is 4. The van der Waals surface area contributed by atoms with E-state index in [4.69, 9.17) is 33.7 Å². The monoisotopic (exact) mass is 425 g/mol. The first-order valence-electron chi connectivity index (χ1n) is 7.07. The van der Waals surface area contributed by atoms with Gasteiger partial charge in [-0.05, 0) is 18.1 Å². The molecule has 1 unspecified atom stereocenters. The van der Waals surface area contributed by atoms with Gasteiger partial charge in [0.15, 0.2) is 0 Å². The lowest BCUT2D eigenvalue weighted by Crippen LogP contribution is -2.43. The Kier molecular flexibility index (Phi) is 11.6. The molecule has 0 spiro atoms. The fourth-order valence-electron chi connectivity index (χ4n) is 1.92. The fraction of sp³-hybridized carbons (Fsp3) is 0.250. The number of aromatic nitrogens is 1. The molecule has 0 bridgehead atoms. The predicted octanol–water partition coefficient (Wildman–Crippen LogP) is 3.30. The topological polar surface area (TPSA) is 77.2 Å². The van der Waals surface area contributed by atoms with Crippen molar-refractivity contribution < 1.29 is 9.53 Å². The van der Waals surface area contributed by atoms with Crippen molar-refractivity contribution in [1.29, 1.82) is 0 Å². The number of hydrogen-bond donors (Lipinski definition) is 2. The Bertz CT molecular complexity index is 659. The average molecular weight is 427 g/mol. The van der Waals surface area contributed by atoms with Crippen molar-refractivity contribution in [3.63, 3.8) is 0 Å². The summed E-state index contributed by atoms with van der Waals surface area (Å²) >= 11 is 11.7. The van der Waals surface area contributed by atoms with Gasteiger partial charge in [-0.1, -0.05) is 53.5 Å². The predicted molar refractivity (Wildman–Crippen MR) is 105 cm³/mol. The Morgan fingerprint density at radius 1 is 1.24 bits per heavy atom. The second-order valence-electron chi connectivity index (χ2n) is 4.88. The number of benzene rings is 1. The maximum Gasteiger partial charge on any atom is 0.237 e. The van der Waals surface area contributed by atoms with Crippen molar-refractivity contribution in [3.8, 4) is 5.88 Å². The van der Waals surface area contributed by atoms with Crippen LogP contribution in [-0.4, -0.2) is 30.1 Å². The molecule has 1 aromatic heterocycles. The number of rotatable bonds is 7. The van der Waals surface area contributed by atoms with Gasteiger partial charge in [0, 0.05) is 6.20 Å². The van der Waals surface area contributed by atoms with Crippen LogP contribution in [0.1, 0.15) is 5.56 Å². The van der Waals surface area contributed by atoms with E-state index in [1.807, 2.05) is 30.3 Å². The summed E-state index contributed by atoms with van der Waals surface area (Å²) in [6, 6.07) is 10.6. The third-order valence-electron chi connectivity index (χ3n) is 3.05. The number of amides is 1. The molecule has 0 saturated heterocycles. The van der Waals surface area contributed by atoms with E-state index in [-0.39, 0.29) is 43.2 Å². The van der Waals surface area contributed by atoms with Gasteiger partial charge < -0.3 is 15.8 Å². The highest BCUT2D eigenvalue weighted by Gasteiger charge is 2.13. The lowest BCUT2D eigenvalue weighted by Gasteiger charge is -2.13. The Hall–Kier alpha value is -1.24. The molecular weight excluding hydrogens is 408 g/mol. The smallest absolute Gasteiger partial charge is 0.237 e. The summed E-state index contributed by atoms with van der Waals surface area (Å²) in [5.74, 6) is 0.0477. The van der Waals surface area contributed by atoms with Crippen LogP contribution in [0.15, 0.2) is 42.6 Å². The van der Waals surface area contributed by atoms with Crippen molar-refractivity contribution >= 4 is 53.9 Å². The number of nitrogens with one attached hydrogen (secondary N) is 1. The fourth-order valence-corrected chi connectivity index (χ4v) is 2.36. The zero-order valence-corrected chi connectivity index (χ0v) is 16.3. The number of ether oxygens (including phenoxy) is 1. The Morgan fingerprint density at radius 2 is 1.92 bits per heavy atom. The van der Waals surface area contributed by atoms with Crippen LogP contribution in [0.2, 0.25) is 10.0 Å². The Labute approximate surface area is 169 Å². The lowest BCUT2D eigenvalue weighted by molar-refractivity contribution is -0.122. The van der Waals surface area contributed by atoms with Gasteiger partial charge in [0.25, 0.3) is 0 Å². The summed E-state index contributed by atoms with van der Waals surface area (Å²) in [5.41, 5.74) is 6.90. The molecule has 0 fully saturated rings. The molecular formula is C16H19Cl4N3O2. The molecule has 9 heteroatoms. The minimum atomic E-state index is -0.602.